The molecule has 0 atom stereocenters. The van der Waals surface area contributed by atoms with Crippen LogP contribution in [0.3, 0.4) is 0 Å². The van der Waals surface area contributed by atoms with Gasteiger partial charge in [-0.15, -0.1) is 0 Å². The van der Waals surface area contributed by atoms with Gasteiger partial charge < -0.3 is 9.84 Å². The molecule has 0 fully saturated rings. The van der Waals surface area contributed by atoms with Crippen LogP contribution in [0.1, 0.15) is 17.3 Å². The number of carbonyl (C=O) groups is 1. The Bertz CT molecular complexity index is 361. The molecule has 0 bridgehead atoms. The number of hydrogen-bond acceptors (Lipinski definition) is 2. The molecule has 3 nitrogen and oxygen atoms in total. The van der Waals surface area contributed by atoms with Crippen LogP contribution in [0.2, 0.25) is 0 Å². The SMILES string of the molecule is C=C(C)COc1ccccc1C(=O)O.[NaH]. The molecule has 0 unspecified atom stereocenters. The number of ether oxygens (including phenoxy) is 1. The van der Waals surface area contributed by atoms with Crippen molar-refractivity contribution in [3.63, 3.8) is 0 Å². The Morgan fingerprint density at radius 3 is 2.60 bits per heavy atom. The van der Waals surface area contributed by atoms with Gasteiger partial charge in [-0.2, -0.15) is 0 Å². The van der Waals surface area contributed by atoms with E-state index in [1.165, 1.54) is 6.07 Å². The van der Waals surface area contributed by atoms with Crippen molar-refractivity contribution < 1.29 is 14.6 Å². The van der Waals surface area contributed by atoms with E-state index in [0.717, 1.165) is 5.57 Å². The normalized spacial score (nSPS) is 8.87. The third-order valence-electron chi connectivity index (χ3n) is 1.59. The van der Waals surface area contributed by atoms with Crippen LogP contribution in [0.5, 0.6) is 5.75 Å². The molecule has 15 heavy (non-hydrogen) atoms. The van der Waals surface area contributed by atoms with Gasteiger partial charge in [0.25, 0.3) is 0 Å². The number of para-hydroxylation sites is 1. The second-order valence-electron chi connectivity index (χ2n) is 3.05. The van der Waals surface area contributed by atoms with E-state index < -0.39 is 5.97 Å². The van der Waals surface area contributed by atoms with Gasteiger partial charge in [0, 0.05) is 0 Å². The fraction of sp³-hybridized carbons (Fsp3) is 0.182. The Kier molecular flexibility index (Phi) is 6.32. The van der Waals surface area contributed by atoms with Crippen LogP contribution in [0.15, 0.2) is 36.4 Å². The summed E-state index contributed by atoms with van der Waals surface area (Å²) >= 11 is 0. The van der Waals surface area contributed by atoms with Gasteiger partial charge >= 0.3 is 35.5 Å². The molecule has 0 aliphatic carbocycles. The summed E-state index contributed by atoms with van der Waals surface area (Å²) in [5.74, 6) is -0.606. The molecule has 0 heterocycles. The van der Waals surface area contributed by atoms with Crippen molar-refractivity contribution in [2.24, 2.45) is 0 Å². The molecule has 1 rings (SSSR count). The van der Waals surface area contributed by atoms with E-state index >= 15 is 0 Å². The first-order valence-electron chi connectivity index (χ1n) is 4.20. The minimum atomic E-state index is -0.984. The van der Waals surface area contributed by atoms with Crippen LogP contribution in [-0.4, -0.2) is 47.2 Å². The van der Waals surface area contributed by atoms with E-state index in [0.29, 0.717) is 12.4 Å². The van der Waals surface area contributed by atoms with Crippen LogP contribution in [0.4, 0.5) is 0 Å². The van der Waals surface area contributed by atoms with Crippen molar-refractivity contribution in [1.82, 2.24) is 0 Å². The zero-order valence-corrected chi connectivity index (χ0v) is 7.99. The van der Waals surface area contributed by atoms with Gasteiger partial charge in [0.1, 0.15) is 17.9 Å². The number of hydrogen-bond donors (Lipinski definition) is 1. The Hall–Kier alpha value is -0.770. The second kappa shape index (κ2) is 6.67. The van der Waals surface area contributed by atoms with Crippen LogP contribution < -0.4 is 4.74 Å². The van der Waals surface area contributed by atoms with Crippen LogP contribution in [0, 0.1) is 0 Å². The van der Waals surface area contributed by atoms with Crippen molar-refractivity contribution in [3.8, 4) is 5.75 Å². The van der Waals surface area contributed by atoms with Crippen LogP contribution >= 0.6 is 0 Å². The van der Waals surface area contributed by atoms with Crippen LogP contribution in [0.25, 0.3) is 0 Å². The number of carboxylic acid groups (broad SMARTS) is 1. The predicted octanol–water partition coefficient (Wildman–Crippen LogP) is 1.69. The minimum absolute atomic E-state index is 0. The maximum absolute atomic E-state index is 10.8. The summed E-state index contributed by atoms with van der Waals surface area (Å²) < 4.78 is 5.28. The summed E-state index contributed by atoms with van der Waals surface area (Å²) in [7, 11) is 0. The van der Waals surface area contributed by atoms with E-state index in [4.69, 9.17) is 9.84 Å². The van der Waals surface area contributed by atoms with Crippen molar-refractivity contribution in [3.05, 3.63) is 42.0 Å². The van der Waals surface area contributed by atoms with Crippen molar-refractivity contribution in [1.29, 1.82) is 0 Å². The summed E-state index contributed by atoms with van der Waals surface area (Å²) in [4.78, 5) is 10.8. The topological polar surface area (TPSA) is 46.5 Å². The molecule has 1 aromatic rings. The summed E-state index contributed by atoms with van der Waals surface area (Å²) in [5, 5.41) is 8.83. The van der Waals surface area contributed by atoms with Gasteiger partial charge in [-0.3, -0.25) is 0 Å². The van der Waals surface area contributed by atoms with Gasteiger partial charge in [-0.05, 0) is 24.6 Å². The van der Waals surface area contributed by atoms with Crippen molar-refractivity contribution >= 4 is 35.5 Å². The Balaban J connectivity index is 0.00000196. The fourth-order valence-electron chi connectivity index (χ4n) is 0.970. The zero-order valence-electron chi connectivity index (χ0n) is 7.99. The predicted molar refractivity (Wildman–Crippen MR) is 60.9 cm³/mol. The van der Waals surface area contributed by atoms with Crippen molar-refractivity contribution in [2.75, 3.05) is 6.61 Å². The first-order chi connectivity index (χ1) is 6.61. The second-order valence-corrected chi connectivity index (χ2v) is 3.05. The molecule has 0 aliphatic heterocycles. The molecule has 0 radical (unpaired) electrons. The van der Waals surface area contributed by atoms with Gasteiger partial charge in [0.2, 0.25) is 0 Å². The Morgan fingerprint density at radius 1 is 1.47 bits per heavy atom. The number of aromatic carboxylic acids is 1. The van der Waals surface area contributed by atoms with E-state index in [-0.39, 0.29) is 35.1 Å². The van der Waals surface area contributed by atoms with Crippen molar-refractivity contribution in [2.45, 2.75) is 6.92 Å². The Labute approximate surface area is 111 Å². The molecule has 0 saturated carbocycles. The van der Waals surface area contributed by atoms with E-state index in [2.05, 4.69) is 6.58 Å². The molecule has 1 N–H and O–H groups in total. The zero-order chi connectivity index (χ0) is 10.6. The van der Waals surface area contributed by atoms with Crippen LogP contribution in [-0.2, 0) is 0 Å². The number of rotatable bonds is 4. The number of benzene rings is 1. The Morgan fingerprint density at radius 2 is 2.07 bits per heavy atom. The molecular formula is C11H13NaO3. The molecule has 0 spiro atoms. The fourth-order valence-corrected chi connectivity index (χ4v) is 0.970. The third-order valence-corrected chi connectivity index (χ3v) is 1.59. The number of carboxylic acids is 1. The molecule has 0 aliphatic rings. The quantitative estimate of drug-likeness (QED) is 0.615. The molecule has 0 aromatic heterocycles. The average molecular weight is 216 g/mol. The van der Waals surface area contributed by atoms with E-state index in [9.17, 15) is 4.79 Å². The first-order valence-corrected chi connectivity index (χ1v) is 4.20. The molecular weight excluding hydrogens is 203 g/mol. The summed E-state index contributed by atoms with van der Waals surface area (Å²) in [6, 6.07) is 6.54. The molecule has 4 heteroatoms. The van der Waals surface area contributed by atoms with E-state index in [1.54, 1.807) is 18.2 Å². The average Bonchev–Trinajstić information content (AvgIpc) is 2.15. The molecule has 0 saturated heterocycles. The monoisotopic (exact) mass is 216 g/mol. The van der Waals surface area contributed by atoms with Gasteiger partial charge in [-0.1, -0.05) is 18.7 Å². The van der Waals surface area contributed by atoms with Gasteiger partial charge in [-0.25, -0.2) is 4.79 Å². The molecule has 1 aromatic carbocycles. The molecule has 76 valence electrons. The molecule has 0 amide bonds. The summed E-state index contributed by atoms with van der Waals surface area (Å²) in [5.41, 5.74) is 1.03. The maximum atomic E-state index is 10.8. The summed E-state index contributed by atoms with van der Waals surface area (Å²) in [6.07, 6.45) is 0. The first kappa shape index (κ1) is 14.2. The van der Waals surface area contributed by atoms with Gasteiger partial charge in [0.15, 0.2) is 0 Å². The van der Waals surface area contributed by atoms with E-state index in [1.807, 2.05) is 6.92 Å². The van der Waals surface area contributed by atoms with Gasteiger partial charge in [0.05, 0.1) is 0 Å². The summed E-state index contributed by atoms with van der Waals surface area (Å²) in [6.45, 7) is 5.83. The standard InChI is InChI=1S/C11H12O3.Na.H/c1-8(2)7-14-10-6-4-3-5-9(10)11(12)13;;/h3-6H,1,7H2,2H3,(H,12,13);;. The third kappa shape index (κ3) is 4.51.